The second-order valence-corrected chi connectivity index (χ2v) is 9.09. The fourth-order valence-corrected chi connectivity index (χ4v) is 4.14. The van der Waals surface area contributed by atoms with Crippen LogP contribution < -0.4 is 5.46 Å². The fraction of sp³-hybridized carbons (Fsp3) is 0.250. The van der Waals surface area contributed by atoms with Gasteiger partial charge in [-0.05, 0) is 33.3 Å². The molecule has 29 heavy (non-hydrogen) atoms. The zero-order chi connectivity index (χ0) is 20.8. The van der Waals surface area contributed by atoms with Crippen molar-refractivity contribution in [1.82, 2.24) is 0 Å². The van der Waals surface area contributed by atoms with E-state index in [-0.39, 0.29) is 0 Å². The number of rotatable bonds is 3. The summed E-state index contributed by atoms with van der Waals surface area (Å²) in [5.74, 6) is 0. The molecule has 5 heteroatoms. The summed E-state index contributed by atoms with van der Waals surface area (Å²) in [6.45, 7) is 8.13. The smallest absolute Gasteiger partial charge is 0.399 e. The van der Waals surface area contributed by atoms with Crippen LogP contribution in [0.15, 0.2) is 66.7 Å². The molecular weight excluding hydrogens is 402 g/mol. The highest BCUT2D eigenvalue weighted by atomic mass is 35.5. The van der Waals surface area contributed by atoms with Crippen LogP contribution in [0.2, 0.25) is 10.0 Å². The van der Waals surface area contributed by atoms with Crippen LogP contribution in [0, 0.1) is 0 Å². The highest BCUT2D eigenvalue weighted by Crippen LogP contribution is 2.40. The first-order valence-electron chi connectivity index (χ1n) is 9.70. The Hall–Kier alpha value is -1.78. The molecular formula is C24H23BCl2O2. The van der Waals surface area contributed by atoms with E-state index in [4.69, 9.17) is 32.5 Å². The first kappa shape index (κ1) is 20.5. The summed E-state index contributed by atoms with van der Waals surface area (Å²) in [7, 11) is -0.525. The molecule has 0 aliphatic carbocycles. The van der Waals surface area contributed by atoms with Crippen molar-refractivity contribution in [2.75, 3.05) is 0 Å². The highest BCUT2D eigenvalue weighted by molar-refractivity contribution is 6.66. The maximum absolute atomic E-state index is 6.86. The first-order valence-corrected chi connectivity index (χ1v) is 10.5. The third-order valence-electron chi connectivity index (χ3n) is 5.91. The van der Waals surface area contributed by atoms with E-state index in [1.165, 1.54) is 0 Å². The molecule has 1 saturated heterocycles. The van der Waals surface area contributed by atoms with Crippen molar-refractivity contribution in [2.45, 2.75) is 38.9 Å². The summed E-state index contributed by atoms with van der Waals surface area (Å²) in [4.78, 5) is 0. The molecule has 1 fully saturated rings. The lowest BCUT2D eigenvalue weighted by atomic mass is 9.77. The predicted octanol–water partition coefficient (Wildman–Crippen LogP) is 6.63. The molecule has 0 bridgehead atoms. The number of halogens is 2. The molecule has 1 aliphatic heterocycles. The Morgan fingerprint density at radius 2 is 1.14 bits per heavy atom. The van der Waals surface area contributed by atoms with E-state index < -0.39 is 18.3 Å². The van der Waals surface area contributed by atoms with Gasteiger partial charge < -0.3 is 9.31 Å². The predicted molar refractivity (Wildman–Crippen MR) is 123 cm³/mol. The lowest BCUT2D eigenvalue weighted by molar-refractivity contribution is 0.00578. The van der Waals surface area contributed by atoms with Crippen molar-refractivity contribution < 1.29 is 9.31 Å². The minimum Gasteiger partial charge on any atom is -0.399 e. The molecule has 0 amide bonds. The van der Waals surface area contributed by atoms with Gasteiger partial charge in [0, 0.05) is 27.2 Å². The lowest BCUT2D eigenvalue weighted by Gasteiger charge is -2.32. The maximum Gasteiger partial charge on any atom is 0.496 e. The minimum absolute atomic E-state index is 0.429. The van der Waals surface area contributed by atoms with Gasteiger partial charge in [-0.1, -0.05) is 89.9 Å². The van der Waals surface area contributed by atoms with Gasteiger partial charge in [0.05, 0.1) is 16.2 Å². The molecule has 3 aromatic rings. The van der Waals surface area contributed by atoms with Crippen molar-refractivity contribution >= 4 is 35.8 Å². The number of hydrogen-bond donors (Lipinski definition) is 0. The van der Waals surface area contributed by atoms with E-state index >= 15 is 0 Å². The van der Waals surface area contributed by atoms with Gasteiger partial charge in [-0.15, -0.1) is 0 Å². The van der Waals surface area contributed by atoms with Crippen molar-refractivity contribution in [3.8, 4) is 22.3 Å². The van der Waals surface area contributed by atoms with Crippen LogP contribution in [0.1, 0.15) is 27.7 Å². The topological polar surface area (TPSA) is 18.5 Å². The number of benzene rings is 3. The van der Waals surface area contributed by atoms with Crippen LogP contribution in [0.3, 0.4) is 0 Å². The van der Waals surface area contributed by atoms with E-state index in [9.17, 15) is 0 Å². The first-order chi connectivity index (χ1) is 13.7. The second kappa shape index (κ2) is 7.48. The molecule has 4 rings (SSSR count). The van der Waals surface area contributed by atoms with Gasteiger partial charge in [0.2, 0.25) is 0 Å². The average Bonchev–Trinajstić information content (AvgIpc) is 2.90. The lowest BCUT2D eigenvalue weighted by Crippen LogP contribution is -2.41. The molecule has 0 saturated carbocycles. The van der Waals surface area contributed by atoms with Gasteiger partial charge >= 0.3 is 7.12 Å². The van der Waals surface area contributed by atoms with Crippen LogP contribution in [0.4, 0.5) is 0 Å². The molecule has 0 aromatic heterocycles. The van der Waals surface area contributed by atoms with Crippen LogP contribution in [0.5, 0.6) is 0 Å². The van der Waals surface area contributed by atoms with Gasteiger partial charge in [-0.2, -0.15) is 0 Å². The quantitative estimate of drug-likeness (QED) is 0.439. The van der Waals surface area contributed by atoms with Crippen molar-refractivity contribution in [3.63, 3.8) is 0 Å². The average molecular weight is 425 g/mol. The highest BCUT2D eigenvalue weighted by Gasteiger charge is 2.52. The Kier molecular flexibility index (Phi) is 5.29. The van der Waals surface area contributed by atoms with Crippen molar-refractivity contribution in [3.05, 3.63) is 76.8 Å². The normalized spacial score (nSPS) is 17.5. The zero-order valence-electron chi connectivity index (χ0n) is 17.0. The van der Waals surface area contributed by atoms with E-state index in [2.05, 4.69) is 0 Å². The molecule has 1 heterocycles. The Balaban J connectivity index is 1.78. The summed E-state index contributed by atoms with van der Waals surface area (Å²) < 4.78 is 12.4. The molecule has 0 N–H and O–H groups in total. The third kappa shape index (κ3) is 3.62. The van der Waals surface area contributed by atoms with Gasteiger partial charge in [0.15, 0.2) is 0 Å². The second-order valence-electron chi connectivity index (χ2n) is 8.33. The van der Waals surface area contributed by atoms with E-state index in [0.29, 0.717) is 10.0 Å². The molecule has 148 valence electrons. The minimum atomic E-state index is -0.525. The van der Waals surface area contributed by atoms with Crippen molar-refractivity contribution in [2.24, 2.45) is 0 Å². The third-order valence-corrected chi connectivity index (χ3v) is 6.74. The van der Waals surface area contributed by atoms with Crippen LogP contribution in [-0.4, -0.2) is 18.3 Å². The summed E-state index contributed by atoms with van der Waals surface area (Å²) in [6, 6.07) is 22.0. The standard InChI is InChI=1S/C24H23BCl2O2/c1-23(2)24(3,4)29-25(28-23)20-15-9-14-19(22(20)27)18-13-8-12-17(21(18)26)16-10-6-5-7-11-16/h5-15H,1-4H3. The SMILES string of the molecule is CC1(C)OB(c2cccc(-c3cccc(-c4ccccc4)c3Cl)c2Cl)OC1(C)C. The van der Waals surface area contributed by atoms with Gasteiger partial charge in [0.1, 0.15) is 0 Å². The molecule has 3 aromatic carbocycles. The molecule has 0 unspecified atom stereocenters. The summed E-state index contributed by atoms with van der Waals surface area (Å²) in [6.07, 6.45) is 0. The molecule has 0 radical (unpaired) electrons. The summed E-state index contributed by atoms with van der Waals surface area (Å²) in [5.41, 5.74) is 3.74. The van der Waals surface area contributed by atoms with Crippen LogP contribution >= 0.6 is 23.2 Å². The molecule has 2 nitrogen and oxygen atoms in total. The van der Waals surface area contributed by atoms with Gasteiger partial charge in [0.25, 0.3) is 0 Å². The van der Waals surface area contributed by atoms with Gasteiger partial charge in [-0.3, -0.25) is 0 Å². The summed E-state index contributed by atoms with van der Waals surface area (Å²) in [5, 5.41) is 1.27. The summed E-state index contributed by atoms with van der Waals surface area (Å²) >= 11 is 13.7. The maximum atomic E-state index is 6.86. The fourth-order valence-electron chi connectivity index (χ4n) is 3.49. The largest absolute Gasteiger partial charge is 0.496 e. The van der Waals surface area contributed by atoms with Crippen molar-refractivity contribution in [1.29, 1.82) is 0 Å². The Morgan fingerprint density at radius 1 is 0.621 bits per heavy atom. The zero-order valence-corrected chi connectivity index (χ0v) is 18.5. The van der Waals surface area contributed by atoms with Crippen LogP contribution in [0.25, 0.3) is 22.3 Å². The Bertz CT molecular complexity index is 1030. The monoisotopic (exact) mass is 424 g/mol. The van der Waals surface area contributed by atoms with E-state index in [0.717, 1.165) is 27.7 Å². The molecule has 1 aliphatic rings. The molecule has 0 atom stereocenters. The molecule has 0 spiro atoms. The Morgan fingerprint density at radius 3 is 1.76 bits per heavy atom. The number of hydrogen-bond acceptors (Lipinski definition) is 2. The van der Waals surface area contributed by atoms with E-state index in [1.807, 2.05) is 94.4 Å². The van der Waals surface area contributed by atoms with Crippen LogP contribution in [-0.2, 0) is 9.31 Å². The van der Waals surface area contributed by atoms with E-state index in [1.54, 1.807) is 0 Å². The van der Waals surface area contributed by atoms with Gasteiger partial charge in [-0.25, -0.2) is 0 Å². The Labute approximate surface area is 182 Å².